The predicted molar refractivity (Wildman–Crippen MR) is 151 cm³/mol. The predicted octanol–water partition coefficient (Wildman–Crippen LogP) is 3.67. The lowest BCUT2D eigenvalue weighted by Gasteiger charge is -2.37. The molecule has 2 atom stereocenters. The molecule has 0 radical (unpaired) electrons. The van der Waals surface area contributed by atoms with Crippen molar-refractivity contribution in [2.45, 2.75) is 52.7 Å². The Labute approximate surface area is 234 Å². The number of ether oxygens (including phenoxy) is 3. The number of hydrogen-bond acceptors (Lipinski definition) is 8. The van der Waals surface area contributed by atoms with Crippen molar-refractivity contribution in [2.24, 2.45) is 5.92 Å². The highest BCUT2D eigenvalue weighted by Gasteiger charge is 2.30. The Morgan fingerprint density at radius 3 is 2.58 bits per heavy atom. The molecule has 0 aliphatic carbocycles. The van der Waals surface area contributed by atoms with Gasteiger partial charge >= 0.3 is 6.09 Å². The molecule has 2 aliphatic rings. The quantitative estimate of drug-likeness (QED) is 0.495. The van der Waals surface area contributed by atoms with Gasteiger partial charge in [0.1, 0.15) is 23.0 Å². The van der Waals surface area contributed by atoms with E-state index in [1.165, 1.54) is 0 Å². The third-order valence-electron chi connectivity index (χ3n) is 7.37. The summed E-state index contributed by atoms with van der Waals surface area (Å²) in [5.41, 5.74) is 3.75. The highest BCUT2D eigenvalue weighted by molar-refractivity contribution is 5.78. The number of fused-ring (bicyclic) bond motifs is 1. The maximum Gasteiger partial charge on any atom is 0.410 e. The summed E-state index contributed by atoms with van der Waals surface area (Å²) in [5.74, 6) is 1.33. The minimum absolute atomic E-state index is 0.0475. The fourth-order valence-corrected chi connectivity index (χ4v) is 5.13. The normalized spacial score (nSPS) is 18.6. The van der Waals surface area contributed by atoms with Gasteiger partial charge in [0.15, 0.2) is 0 Å². The summed E-state index contributed by atoms with van der Waals surface area (Å²) >= 11 is 0. The van der Waals surface area contributed by atoms with E-state index < -0.39 is 5.60 Å². The van der Waals surface area contributed by atoms with Crippen LogP contribution in [-0.2, 0) is 9.53 Å². The fraction of sp³-hybridized carbons (Fsp3) is 0.517. The third kappa shape index (κ3) is 5.78. The van der Waals surface area contributed by atoms with Crippen LogP contribution in [0.25, 0.3) is 16.8 Å². The maximum absolute atomic E-state index is 12.5. The first-order chi connectivity index (χ1) is 19.0. The monoisotopic (exact) mass is 550 g/mol. The average molecular weight is 551 g/mol. The topological polar surface area (TPSA) is 111 Å². The molecule has 0 bridgehead atoms. The van der Waals surface area contributed by atoms with E-state index in [4.69, 9.17) is 19.2 Å². The number of amides is 2. The molecule has 11 nitrogen and oxygen atoms in total. The molecular formula is C29H38N6O5. The minimum Gasteiger partial charge on any atom is -0.495 e. The van der Waals surface area contributed by atoms with E-state index >= 15 is 0 Å². The van der Waals surface area contributed by atoms with Gasteiger partial charge in [0.25, 0.3) is 0 Å². The largest absolute Gasteiger partial charge is 0.495 e. The number of anilines is 1. The number of aryl methyl sites for hydroxylation is 1. The molecule has 4 heterocycles. The lowest BCUT2D eigenvalue weighted by Crippen LogP contribution is -2.50. The van der Waals surface area contributed by atoms with Crippen molar-refractivity contribution in [3.63, 3.8) is 0 Å². The summed E-state index contributed by atoms with van der Waals surface area (Å²) in [5, 5.41) is 7.39. The molecule has 214 valence electrons. The summed E-state index contributed by atoms with van der Waals surface area (Å²) in [7, 11) is 1.65. The first-order valence-corrected chi connectivity index (χ1v) is 13.7. The molecule has 3 aromatic rings. The number of nitrogens with one attached hydrogen (secondary N) is 1. The zero-order chi connectivity index (χ0) is 28.6. The molecule has 5 rings (SSSR count). The van der Waals surface area contributed by atoms with Crippen LogP contribution < -0.4 is 19.7 Å². The Morgan fingerprint density at radius 1 is 1.18 bits per heavy atom. The highest BCUT2D eigenvalue weighted by Crippen LogP contribution is 2.35. The number of aromatic nitrogens is 3. The summed E-state index contributed by atoms with van der Waals surface area (Å²) in [6.45, 7) is 12.6. The number of piperazine rings is 1. The van der Waals surface area contributed by atoms with Gasteiger partial charge in [-0.3, -0.25) is 4.79 Å². The number of hydrogen-bond donors (Lipinski definition) is 1. The van der Waals surface area contributed by atoms with E-state index in [1.807, 2.05) is 59.0 Å². The molecule has 1 unspecified atom stereocenters. The van der Waals surface area contributed by atoms with Crippen LogP contribution in [0.15, 0.2) is 30.6 Å². The number of methoxy groups -OCH3 is 1. The van der Waals surface area contributed by atoms with Gasteiger partial charge in [-0.05, 0) is 46.8 Å². The third-order valence-corrected chi connectivity index (χ3v) is 7.37. The molecule has 0 spiro atoms. The molecule has 11 heteroatoms. The standard InChI is InChI=1S/C29H38N6O5/c1-18-15-31-35-17-22(32-27(26(18)35)39-19(2)21-14-25(36)30-16-21)20-7-8-23(24(13-20)38-6)33-9-11-34(12-10-33)28(37)40-29(3,4)5/h7-8,13,15,17,19,21H,9-12,14,16H2,1-6H3,(H,30,36)/t19?,21-/m1/s1. The summed E-state index contributed by atoms with van der Waals surface area (Å²) in [6, 6.07) is 6.00. The number of carbonyl (C=O) groups excluding carboxylic acids is 2. The van der Waals surface area contributed by atoms with Gasteiger partial charge in [0.05, 0.1) is 30.9 Å². The van der Waals surface area contributed by atoms with Crippen LogP contribution in [0.3, 0.4) is 0 Å². The van der Waals surface area contributed by atoms with Crippen molar-refractivity contribution in [3.05, 3.63) is 36.2 Å². The van der Waals surface area contributed by atoms with Crippen molar-refractivity contribution >= 4 is 23.2 Å². The second kappa shape index (κ2) is 10.9. The van der Waals surface area contributed by atoms with Crippen LogP contribution in [0.2, 0.25) is 0 Å². The van der Waals surface area contributed by atoms with Crippen molar-refractivity contribution in [3.8, 4) is 22.9 Å². The second-order valence-corrected chi connectivity index (χ2v) is 11.5. The Bertz CT molecular complexity index is 1410. The lowest BCUT2D eigenvalue weighted by molar-refractivity contribution is -0.119. The lowest BCUT2D eigenvalue weighted by atomic mass is 10.0. The zero-order valence-electron chi connectivity index (χ0n) is 24.1. The molecule has 2 aromatic heterocycles. The minimum atomic E-state index is -0.519. The van der Waals surface area contributed by atoms with Crippen LogP contribution in [0.5, 0.6) is 11.6 Å². The Morgan fingerprint density at radius 2 is 1.93 bits per heavy atom. The van der Waals surface area contributed by atoms with Gasteiger partial charge in [-0.15, -0.1) is 0 Å². The molecule has 2 saturated heterocycles. The van der Waals surface area contributed by atoms with E-state index in [0.29, 0.717) is 56.5 Å². The van der Waals surface area contributed by atoms with Crippen LogP contribution in [0.1, 0.15) is 39.7 Å². The van der Waals surface area contributed by atoms with Gasteiger partial charge in [-0.2, -0.15) is 5.10 Å². The number of rotatable bonds is 6. The number of benzene rings is 1. The van der Waals surface area contributed by atoms with Gasteiger partial charge in [-0.25, -0.2) is 14.3 Å². The Hall–Kier alpha value is -4.02. The highest BCUT2D eigenvalue weighted by atomic mass is 16.6. The van der Waals surface area contributed by atoms with Crippen LogP contribution >= 0.6 is 0 Å². The summed E-state index contributed by atoms with van der Waals surface area (Å²) < 4.78 is 19.5. The molecular weight excluding hydrogens is 512 g/mol. The fourth-order valence-electron chi connectivity index (χ4n) is 5.13. The van der Waals surface area contributed by atoms with E-state index in [-0.39, 0.29) is 24.0 Å². The Balaban J connectivity index is 1.37. The van der Waals surface area contributed by atoms with Crippen molar-refractivity contribution in [2.75, 3.05) is 44.7 Å². The average Bonchev–Trinajstić information content (AvgIpc) is 3.53. The molecule has 2 amide bonds. The number of carbonyl (C=O) groups is 2. The van der Waals surface area contributed by atoms with E-state index in [2.05, 4.69) is 15.3 Å². The molecule has 40 heavy (non-hydrogen) atoms. The summed E-state index contributed by atoms with van der Waals surface area (Å²) in [6.07, 6.45) is 3.64. The Kier molecular flexibility index (Phi) is 7.48. The molecule has 0 saturated carbocycles. The van der Waals surface area contributed by atoms with Gasteiger partial charge < -0.3 is 29.3 Å². The van der Waals surface area contributed by atoms with E-state index in [0.717, 1.165) is 22.3 Å². The van der Waals surface area contributed by atoms with Crippen molar-refractivity contribution in [1.82, 2.24) is 24.8 Å². The SMILES string of the molecule is COc1cc(-c2cn3ncc(C)c3c(OC(C)[C@H]3CNC(=O)C3)n2)ccc1N1CCN(C(=O)OC(C)(C)C)CC1. The molecule has 1 aromatic carbocycles. The maximum atomic E-state index is 12.5. The van der Waals surface area contributed by atoms with E-state index in [9.17, 15) is 9.59 Å². The molecule has 2 fully saturated rings. The van der Waals surface area contributed by atoms with Gasteiger partial charge in [-0.1, -0.05) is 6.07 Å². The van der Waals surface area contributed by atoms with Crippen LogP contribution in [0, 0.1) is 12.8 Å². The second-order valence-electron chi connectivity index (χ2n) is 11.5. The first-order valence-electron chi connectivity index (χ1n) is 13.7. The molecule has 1 N–H and O–H groups in total. The van der Waals surface area contributed by atoms with Crippen molar-refractivity contribution < 1.29 is 23.8 Å². The van der Waals surface area contributed by atoms with Gasteiger partial charge in [0.2, 0.25) is 11.8 Å². The smallest absolute Gasteiger partial charge is 0.410 e. The molecule has 2 aliphatic heterocycles. The van der Waals surface area contributed by atoms with Crippen LogP contribution in [-0.4, -0.2) is 83.0 Å². The van der Waals surface area contributed by atoms with Crippen LogP contribution in [0.4, 0.5) is 10.5 Å². The van der Waals surface area contributed by atoms with E-state index in [1.54, 1.807) is 22.7 Å². The first kappa shape index (κ1) is 27.5. The zero-order valence-corrected chi connectivity index (χ0v) is 24.1. The number of nitrogens with zero attached hydrogens (tertiary/aromatic N) is 5. The van der Waals surface area contributed by atoms with Crippen molar-refractivity contribution in [1.29, 1.82) is 0 Å². The summed E-state index contributed by atoms with van der Waals surface area (Å²) in [4.78, 5) is 33.1. The van der Waals surface area contributed by atoms with Gasteiger partial charge in [0, 0.05) is 56.2 Å².